The number of amides is 1. The van der Waals surface area contributed by atoms with E-state index in [1.54, 1.807) is 0 Å². The second kappa shape index (κ2) is 5.35. The largest absolute Gasteiger partial charge is 0.349 e. The van der Waals surface area contributed by atoms with Crippen molar-refractivity contribution in [2.75, 3.05) is 0 Å². The van der Waals surface area contributed by atoms with E-state index in [0.717, 1.165) is 25.0 Å². The lowest BCUT2D eigenvalue weighted by molar-refractivity contribution is -0.384. The summed E-state index contributed by atoms with van der Waals surface area (Å²) in [5, 5.41) is 13.6. The van der Waals surface area contributed by atoms with E-state index in [9.17, 15) is 14.9 Å². The van der Waals surface area contributed by atoms with Gasteiger partial charge in [-0.25, -0.2) is 0 Å². The molecule has 0 aromatic heterocycles. The predicted octanol–water partition coefficient (Wildman–Crippen LogP) is 3.43. The van der Waals surface area contributed by atoms with Crippen LogP contribution in [0.15, 0.2) is 12.1 Å². The van der Waals surface area contributed by atoms with Gasteiger partial charge in [0.05, 0.1) is 20.5 Å². The molecule has 1 fully saturated rings. The van der Waals surface area contributed by atoms with Crippen molar-refractivity contribution in [3.8, 4) is 0 Å². The molecule has 0 saturated heterocycles. The summed E-state index contributed by atoms with van der Waals surface area (Å²) < 4.78 is 0. The monoisotopic (exact) mass is 302 g/mol. The molecule has 5 nitrogen and oxygen atoms in total. The van der Waals surface area contributed by atoms with Gasteiger partial charge in [-0.1, -0.05) is 36.5 Å². The number of hydrogen-bond donors (Lipinski definition) is 1. The predicted molar refractivity (Wildman–Crippen MR) is 72.8 cm³/mol. The van der Waals surface area contributed by atoms with Gasteiger partial charge in [0.15, 0.2) is 0 Å². The third-order valence-corrected chi connectivity index (χ3v) is 4.03. The lowest BCUT2D eigenvalue weighted by Gasteiger charge is -2.07. The van der Waals surface area contributed by atoms with Crippen molar-refractivity contribution in [3.63, 3.8) is 0 Å². The Morgan fingerprint density at radius 3 is 2.74 bits per heavy atom. The molecule has 0 heterocycles. The van der Waals surface area contributed by atoms with E-state index in [1.165, 1.54) is 0 Å². The molecule has 1 aliphatic rings. The average Bonchev–Trinajstić information content (AvgIpc) is 3.10. The number of halogens is 2. The fourth-order valence-electron chi connectivity index (χ4n) is 1.97. The molecule has 1 amide bonds. The maximum Gasteiger partial charge on any atom is 0.271 e. The van der Waals surface area contributed by atoms with Crippen LogP contribution in [0.25, 0.3) is 0 Å². The fraction of sp³-hybridized carbons (Fsp3) is 0.417. The molecule has 2 rings (SSSR count). The van der Waals surface area contributed by atoms with Crippen molar-refractivity contribution in [2.45, 2.75) is 25.8 Å². The first-order valence-electron chi connectivity index (χ1n) is 5.88. The van der Waals surface area contributed by atoms with Gasteiger partial charge in [0.1, 0.15) is 0 Å². The van der Waals surface area contributed by atoms with Crippen molar-refractivity contribution in [1.29, 1.82) is 0 Å². The molecule has 2 unspecified atom stereocenters. The standard InChI is InChI=1S/C12H12Cl2N2O3/c1-2-6-3-10(6)15-12(17)8-4-7(16(18)19)5-9(13)11(8)14/h4-6,10H,2-3H2,1H3,(H,15,17). The molecule has 1 aromatic rings. The minimum absolute atomic E-state index is 0.00357. The maximum absolute atomic E-state index is 12.0. The third-order valence-electron chi connectivity index (χ3n) is 3.23. The van der Waals surface area contributed by atoms with Gasteiger partial charge in [-0.3, -0.25) is 14.9 Å². The van der Waals surface area contributed by atoms with Crippen LogP contribution >= 0.6 is 23.2 Å². The second-order valence-corrected chi connectivity index (χ2v) is 5.32. The van der Waals surface area contributed by atoms with Crippen LogP contribution in [-0.4, -0.2) is 16.9 Å². The summed E-state index contributed by atoms with van der Waals surface area (Å²) in [4.78, 5) is 22.2. The first kappa shape index (κ1) is 14.1. The number of rotatable bonds is 4. The van der Waals surface area contributed by atoms with Crippen LogP contribution in [0.3, 0.4) is 0 Å². The quantitative estimate of drug-likeness (QED) is 0.684. The highest BCUT2D eigenvalue weighted by molar-refractivity contribution is 6.44. The zero-order chi connectivity index (χ0) is 14.2. The third kappa shape index (κ3) is 2.98. The Morgan fingerprint density at radius 2 is 2.21 bits per heavy atom. The van der Waals surface area contributed by atoms with Crippen LogP contribution in [0.2, 0.25) is 10.0 Å². The van der Waals surface area contributed by atoms with Crippen LogP contribution in [0.1, 0.15) is 30.1 Å². The zero-order valence-corrected chi connectivity index (χ0v) is 11.7. The first-order valence-corrected chi connectivity index (χ1v) is 6.64. The van der Waals surface area contributed by atoms with Crippen LogP contribution in [0.4, 0.5) is 5.69 Å². The minimum Gasteiger partial charge on any atom is -0.349 e. The Labute approximate surface area is 120 Å². The van der Waals surface area contributed by atoms with Crippen molar-refractivity contribution in [3.05, 3.63) is 37.9 Å². The number of carbonyl (C=O) groups excluding carboxylic acids is 1. The summed E-state index contributed by atoms with van der Waals surface area (Å²) in [7, 11) is 0. The minimum atomic E-state index is -0.606. The van der Waals surface area contributed by atoms with Crippen LogP contribution in [0.5, 0.6) is 0 Å². The first-order chi connectivity index (χ1) is 8.93. The summed E-state index contributed by atoms with van der Waals surface area (Å²) in [6.07, 6.45) is 1.93. The highest BCUT2D eigenvalue weighted by Crippen LogP contribution is 2.35. The zero-order valence-electron chi connectivity index (χ0n) is 10.2. The molecule has 1 aromatic carbocycles. The number of benzene rings is 1. The number of carbonyl (C=O) groups is 1. The van der Waals surface area contributed by atoms with E-state index >= 15 is 0 Å². The molecule has 0 aliphatic heterocycles. The SMILES string of the molecule is CCC1CC1NC(=O)c1cc([N+](=O)[O-])cc(Cl)c1Cl. The van der Waals surface area contributed by atoms with E-state index in [4.69, 9.17) is 23.2 Å². The van der Waals surface area contributed by atoms with Gasteiger partial charge in [0.25, 0.3) is 11.6 Å². The normalized spacial score (nSPS) is 21.0. The summed E-state index contributed by atoms with van der Waals surface area (Å²) in [5.74, 6) is 0.0634. The molecule has 1 saturated carbocycles. The summed E-state index contributed by atoms with van der Waals surface area (Å²) >= 11 is 11.7. The molecular weight excluding hydrogens is 291 g/mol. The van der Waals surface area contributed by atoms with E-state index in [1.807, 2.05) is 6.92 Å². The van der Waals surface area contributed by atoms with Gasteiger partial charge in [-0.2, -0.15) is 0 Å². The second-order valence-electron chi connectivity index (χ2n) is 4.53. The molecule has 102 valence electrons. The van der Waals surface area contributed by atoms with E-state index in [2.05, 4.69) is 5.32 Å². The van der Waals surface area contributed by atoms with Crippen molar-refractivity contribution in [1.82, 2.24) is 5.32 Å². The van der Waals surface area contributed by atoms with Gasteiger partial charge < -0.3 is 5.32 Å². The number of nitro benzene ring substituents is 1. The lowest BCUT2D eigenvalue weighted by Crippen LogP contribution is -2.27. The van der Waals surface area contributed by atoms with Crippen molar-refractivity contribution in [2.24, 2.45) is 5.92 Å². The Kier molecular flexibility index (Phi) is 3.96. The fourth-order valence-corrected chi connectivity index (χ4v) is 2.38. The lowest BCUT2D eigenvalue weighted by atomic mass is 10.2. The van der Waals surface area contributed by atoms with Gasteiger partial charge in [0.2, 0.25) is 0 Å². The number of hydrogen-bond acceptors (Lipinski definition) is 3. The number of non-ortho nitro benzene ring substituents is 1. The van der Waals surface area contributed by atoms with E-state index in [0.29, 0.717) is 5.92 Å². The van der Waals surface area contributed by atoms with Gasteiger partial charge in [0, 0.05) is 18.2 Å². The van der Waals surface area contributed by atoms with Gasteiger partial charge >= 0.3 is 0 Å². The molecule has 0 radical (unpaired) electrons. The molecule has 19 heavy (non-hydrogen) atoms. The molecule has 0 spiro atoms. The van der Waals surface area contributed by atoms with Gasteiger partial charge in [-0.05, 0) is 12.3 Å². The molecule has 1 N–H and O–H groups in total. The molecule has 7 heteroatoms. The topological polar surface area (TPSA) is 72.2 Å². The summed E-state index contributed by atoms with van der Waals surface area (Å²) in [6, 6.07) is 2.41. The molecule has 0 bridgehead atoms. The average molecular weight is 303 g/mol. The highest BCUT2D eigenvalue weighted by Gasteiger charge is 2.37. The van der Waals surface area contributed by atoms with Crippen molar-refractivity contribution >= 4 is 34.8 Å². The molecular formula is C12H12Cl2N2O3. The van der Waals surface area contributed by atoms with Crippen LogP contribution < -0.4 is 5.32 Å². The maximum atomic E-state index is 12.0. The molecule has 2 atom stereocenters. The Balaban J connectivity index is 2.23. The van der Waals surface area contributed by atoms with Crippen molar-refractivity contribution < 1.29 is 9.72 Å². The smallest absolute Gasteiger partial charge is 0.271 e. The van der Waals surface area contributed by atoms with E-state index < -0.39 is 10.8 Å². The summed E-state index contributed by atoms with van der Waals surface area (Å²) in [6.45, 7) is 2.05. The summed E-state index contributed by atoms with van der Waals surface area (Å²) in [5.41, 5.74) is -0.204. The number of nitro groups is 1. The number of nitrogens with zero attached hydrogens (tertiary/aromatic N) is 1. The Hall–Kier alpha value is -1.33. The van der Waals surface area contributed by atoms with Crippen LogP contribution in [-0.2, 0) is 0 Å². The number of nitrogens with one attached hydrogen (secondary N) is 1. The van der Waals surface area contributed by atoms with E-state index in [-0.39, 0.29) is 27.3 Å². The Bertz CT molecular complexity index is 548. The molecule has 1 aliphatic carbocycles. The Morgan fingerprint density at radius 1 is 1.53 bits per heavy atom. The van der Waals surface area contributed by atoms with Crippen LogP contribution in [0, 0.1) is 16.0 Å². The van der Waals surface area contributed by atoms with Gasteiger partial charge in [-0.15, -0.1) is 0 Å². The highest BCUT2D eigenvalue weighted by atomic mass is 35.5.